The predicted molar refractivity (Wildman–Crippen MR) is 112 cm³/mol. The average Bonchev–Trinajstić information content (AvgIpc) is 3.14. The molecule has 0 bridgehead atoms. The molecule has 30 heavy (non-hydrogen) atoms. The van der Waals surface area contributed by atoms with Gasteiger partial charge in [-0.1, -0.05) is 30.0 Å². The summed E-state index contributed by atoms with van der Waals surface area (Å²) in [4.78, 5) is 20.3. The lowest BCUT2D eigenvalue weighted by Crippen LogP contribution is -2.45. The highest BCUT2D eigenvalue weighted by Gasteiger charge is 2.34. The number of hydrogen-bond donors (Lipinski definition) is 3. The third-order valence-corrected chi connectivity index (χ3v) is 6.25. The first kappa shape index (κ1) is 20.8. The van der Waals surface area contributed by atoms with Crippen LogP contribution in [0.1, 0.15) is 31.4 Å². The Bertz CT molecular complexity index is 981. The number of carbonyl (C=O) groups is 1. The number of pyridine rings is 1. The Hall–Kier alpha value is -2.49. The molecule has 3 atom stereocenters. The SMILES string of the molecule is NC1=NC(C(=O)N[C@@H]2CCC[C@H](Nc3cc(C(F)(F)F)nc4ccccc34)C2)CS1. The molecule has 1 saturated carbocycles. The van der Waals surface area contributed by atoms with E-state index in [1.54, 1.807) is 24.3 Å². The van der Waals surface area contributed by atoms with Crippen LogP contribution >= 0.6 is 11.8 Å². The van der Waals surface area contributed by atoms with Gasteiger partial charge in [-0.25, -0.2) is 9.98 Å². The Kier molecular flexibility index (Phi) is 5.77. The van der Waals surface area contributed by atoms with Crippen molar-refractivity contribution >= 4 is 39.4 Å². The number of nitrogens with two attached hydrogens (primary N) is 1. The molecule has 1 unspecified atom stereocenters. The highest BCUT2D eigenvalue weighted by molar-refractivity contribution is 8.14. The van der Waals surface area contributed by atoms with E-state index in [4.69, 9.17) is 5.73 Å². The number of thioether (sulfide) groups is 1. The standard InChI is InChI=1S/C20H22F3N5OS/c21-20(22,23)17-9-15(13-6-1-2-7-14(13)27-17)25-11-4-3-5-12(8-11)26-18(29)16-10-30-19(24)28-16/h1-2,6-7,9,11-12,16H,3-5,8,10H2,(H2,24,28)(H,25,27)(H,26,29)/t11-,12+,16?/m0/s1. The number of fused-ring (bicyclic) bond motifs is 1. The molecule has 6 nitrogen and oxygen atoms in total. The van der Waals surface area contributed by atoms with E-state index in [1.165, 1.54) is 11.8 Å². The molecule has 1 fully saturated rings. The van der Waals surface area contributed by atoms with Gasteiger partial charge in [0.05, 0.1) is 5.52 Å². The number of nitrogens with one attached hydrogen (secondary N) is 2. The van der Waals surface area contributed by atoms with Crippen molar-refractivity contribution in [1.82, 2.24) is 10.3 Å². The fourth-order valence-corrected chi connectivity index (χ4v) is 4.69. The second-order valence-electron chi connectivity index (χ2n) is 7.58. The second kappa shape index (κ2) is 8.33. The molecule has 2 heterocycles. The lowest BCUT2D eigenvalue weighted by molar-refractivity contribution is -0.140. The monoisotopic (exact) mass is 437 g/mol. The Morgan fingerprint density at radius 1 is 1.20 bits per heavy atom. The summed E-state index contributed by atoms with van der Waals surface area (Å²) in [6.45, 7) is 0. The van der Waals surface area contributed by atoms with Gasteiger partial charge in [0.1, 0.15) is 11.7 Å². The molecule has 1 amide bonds. The van der Waals surface area contributed by atoms with Gasteiger partial charge in [0.15, 0.2) is 5.17 Å². The summed E-state index contributed by atoms with van der Waals surface area (Å²) < 4.78 is 39.9. The topological polar surface area (TPSA) is 92.4 Å². The van der Waals surface area contributed by atoms with E-state index in [0.29, 0.717) is 33.9 Å². The summed E-state index contributed by atoms with van der Waals surface area (Å²) in [7, 11) is 0. The molecule has 2 aliphatic rings. The molecular formula is C20H22F3N5OS. The van der Waals surface area contributed by atoms with Crippen LogP contribution in [0.2, 0.25) is 0 Å². The largest absolute Gasteiger partial charge is 0.433 e. The van der Waals surface area contributed by atoms with Crippen molar-refractivity contribution in [2.24, 2.45) is 10.7 Å². The number of benzene rings is 1. The molecular weight excluding hydrogens is 415 g/mol. The summed E-state index contributed by atoms with van der Waals surface area (Å²) in [6.07, 6.45) is -1.39. The number of amides is 1. The van der Waals surface area contributed by atoms with Crippen LogP contribution in [0.15, 0.2) is 35.3 Å². The van der Waals surface area contributed by atoms with Crippen LogP contribution in [0.3, 0.4) is 0 Å². The molecule has 0 saturated heterocycles. The lowest BCUT2D eigenvalue weighted by atomic mass is 9.90. The molecule has 0 spiro atoms. The Labute approximate surface area is 175 Å². The van der Waals surface area contributed by atoms with Gasteiger partial charge in [0.25, 0.3) is 0 Å². The smallest absolute Gasteiger partial charge is 0.382 e. The zero-order chi connectivity index (χ0) is 21.3. The fraction of sp³-hybridized carbons (Fsp3) is 0.450. The highest BCUT2D eigenvalue weighted by Crippen LogP contribution is 2.34. The summed E-state index contributed by atoms with van der Waals surface area (Å²) >= 11 is 1.36. The van der Waals surface area contributed by atoms with Crippen molar-refractivity contribution in [3.63, 3.8) is 0 Å². The highest BCUT2D eigenvalue weighted by atomic mass is 32.2. The summed E-state index contributed by atoms with van der Waals surface area (Å²) in [5.41, 5.74) is 5.42. The molecule has 1 aliphatic carbocycles. The molecule has 10 heteroatoms. The van der Waals surface area contributed by atoms with Crippen LogP contribution < -0.4 is 16.4 Å². The summed E-state index contributed by atoms with van der Waals surface area (Å²) in [5.74, 6) is 0.386. The van der Waals surface area contributed by atoms with Gasteiger partial charge in [0, 0.05) is 28.9 Å². The minimum atomic E-state index is -4.52. The zero-order valence-electron chi connectivity index (χ0n) is 16.1. The van der Waals surface area contributed by atoms with Crippen molar-refractivity contribution in [2.45, 2.75) is 50.0 Å². The Morgan fingerprint density at radius 2 is 1.97 bits per heavy atom. The lowest BCUT2D eigenvalue weighted by Gasteiger charge is -2.31. The molecule has 1 aliphatic heterocycles. The van der Waals surface area contributed by atoms with Crippen molar-refractivity contribution in [2.75, 3.05) is 11.1 Å². The number of carbonyl (C=O) groups excluding carboxylic acids is 1. The maximum absolute atomic E-state index is 13.3. The van der Waals surface area contributed by atoms with Crippen LogP contribution in [0, 0.1) is 0 Å². The van der Waals surface area contributed by atoms with Crippen molar-refractivity contribution in [1.29, 1.82) is 0 Å². The average molecular weight is 437 g/mol. The van der Waals surface area contributed by atoms with Gasteiger partial charge in [0.2, 0.25) is 5.91 Å². The molecule has 1 aromatic carbocycles. The first-order chi connectivity index (χ1) is 14.3. The van der Waals surface area contributed by atoms with Gasteiger partial charge in [-0.05, 0) is 37.8 Å². The quantitative estimate of drug-likeness (QED) is 0.681. The molecule has 1 aromatic heterocycles. The van der Waals surface area contributed by atoms with Gasteiger partial charge in [-0.15, -0.1) is 0 Å². The number of rotatable bonds is 4. The number of alkyl halides is 3. The van der Waals surface area contributed by atoms with E-state index in [1.807, 2.05) is 0 Å². The Morgan fingerprint density at radius 3 is 2.70 bits per heavy atom. The van der Waals surface area contributed by atoms with Crippen LogP contribution in [-0.2, 0) is 11.0 Å². The predicted octanol–water partition coefficient (Wildman–Crippen LogP) is 3.52. The minimum Gasteiger partial charge on any atom is -0.382 e. The number of nitrogens with zero attached hydrogens (tertiary/aromatic N) is 2. The molecule has 4 N–H and O–H groups in total. The number of anilines is 1. The zero-order valence-corrected chi connectivity index (χ0v) is 16.9. The summed E-state index contributed by atoms with van der Waals surface area (Å²) in [6, 6.07) is 7.27. The minimum absolute atomic E-state index is 0.0533. The van der Waals surface area contributed by atoms with Gasteiger partial charge in [-0.2, -0.15) is 13.2 Å². The molecule has 160 valence electrons. The van der Waals surface area contributed by atoms with Gasteiger partial charge in [-0.3, -0.25) is 4.79 Å². The molecule has 4 rings (SSSR count). The first-order valence-electron chi connectivity index (χ1n) is 9.79. The third-order valence-electron chi connectivity index (χ3n) is 5.36. The van der Waals surface area contributed by atoms with Crippen LogP contribution in [-0.4, -0.2) is 39.9 Å². The number of hydrogen-bond acceptors (Lipinski definition) is 6. The maximum atomic E-state index is 13.3. The number of amidine groups is 1. The van der Waals surface area contributed by atoms with E-state index >= 15 is 0 Å². The van der Waals surface area contributed by atoms with Crippen LogP contribution in [0.5, 0.6) is 0 Å². The van der Waals surface area contributed by atoms with E-state index < -0.39 is 17.9 Å². The number of aromatic nitrogens is 1. The Balaban J connectivity index is 1.49. The van der Waals surface area contributed by atoms with Crippen molar-refractivity contribution in [3.8, 4) is 0 Å². The van der Waals surface area contributed by atoms with E-state index in [-0.39, 0.29) is 18.0 Å². The van der Waals surface area contributed by atoms with E-state index in [9.17, 15) is 18.0 Å². The summed E-state index contributed by atoms with van der Waals surface area (Å²) in [5, 5.41) is 7.36. The number of para-hydroxylation sites is 1. The second-order valence-corrected chi connectivity index (χ2v) is 8.62. The van der Waals surface area contributed by atoms with Crippen LogP contribution in [0.25, 0.3) is 10.9 Å². The van der Waals surface area contributed by atoms with E-state index in [0.717, 1.165) is 25.3 Å². The van der Waals surface area contributed by atoms with Gasteiger partial charge >= 0.3 is 6.18 Å². The maximum Gasteiger partial charge on any atom is 0.433 e. The normalized spacial score (nSPS) is 24.5. The van der Waals surface area contributed by atoms with Gasteiger partial charge < -0.3 is 16.4 Å². The number of aliphatic imine (C=N–C) groups is 1. The molecule has 2 aromatic rings. The van der Waals surface area contributed by atoms with Crippen molar-refractivity contribution < 1.29 is 18.0 Å². The van der Waals surface area contributed by atoms with Crippen molar-refractivity contribution in [3.05, 3.63) is 36.0 Å². The van der Waals surface area contributed by atoms with E-state index in [2.05, 4.69) is 20.6 Å². The third kappa shape index (κ3) is 4.63. The fourth-order valence-electron chi connectivity index (χ4n) is 3.94. The van der Waals surface area contributed by atoms with Crippen LogP contribution in [0.4, 0.5) is 18.9 Å². The molecule has 0 radical (unpaired) electrons. The first-order valence-corrected chi connectivity index (χ1v) is 10.8. The number of halogens is 3.